The summed E-state index contributed by atoms with van der Waals surface area (Å²) in [6.07, 6.45) is -6.92. The molecular formula is C37H36F2N3O11P. The van der Waals surface area contributed by atoms with E-state index in [1.807, 2.05) is 30.3 Å². The predicted octanol–water partition coefficient (Wildman–Crippen LogP) is 5.88. The first-order valence-corrected chi connectivity index (χ1v) is 18.3. The second-order valence-electron chi connectivity index (χ2n) is 12.2. The third kappa shape index (κ3) is 9.76. The number of hydrogen-bond donors (Lipinski definition) is 1. The maximum absolute atomic E-state index is 16.3. The molecule has 14 nitrogen and oxygen atoms in total. The number of halogens is 2. The van der Waals surface area contributed by atoms with Gasteiger partial charge in [-0.1, -0.05) is 85.4 Å². The van der Waals surface area contributed by atoms with Crippen LogP contribution in [0.2, 0.25) is 0 Å². The summed E-state index contributed by atoms with van der Waals surface area (Å²) in [5.74, 6) is -4.46. The average molecular weight is 768 g/mol. The number of nitrogens with one attached hydrogen (secondary N) is 1. The van der Waals surface area contributed by atoms with E-state index in [-0.39, 0.29) is 49.9 Å². The van der Waals surface area contributed by atoms with Gasteiger partial charge < -0.3 is 28.2 Å². The lowest BCUT2D eigenvalue weighted by Crippen LogP contribution is -2.45. The highest BCUT2D eigenvalue weighted by Crippen LogP contribution is 2.49. The molecule has 17 heteroatoms. The molecule has 4 aromatic rings. The van der Waals surface area contributed by atoms with E-state index in [0.29, 0.717) is 10.1 Å². The summed E-state index contributed by atoms with van der Waals surface area (Å²) >= 11 is 0. The van der Waals surface area contributed by atoms with Crippen molar-refractivity contribution in [2.75, 3.05) is 13.2 Å². The molecule has 0 amide bonds. The predicted molar refractivity (Wildman–Crippen MR) is 186 cm³/mol. The van der Waals surface area contributed by atoms with E-state index in [2.05, 4.69) is 16.7 Å². The number of cyclic esters (lactones) is 1. The van der Waals surface area contributed by atoms with Crippen LogP contribution in [0.1, 0.15) is 29.5 Å². The van der Waals surface area contributed by atoms with Crippen molar-refractivity contribution in [1.82, 2.24) is 14.6 Å². The Morgan fingerprint density at radius 2 is 1.57 bits per heavy atom. The first-order valence-electron chi connectivity index (χ1n) is 16.8. The maximum atomic E-state index is 16.3. The average Bonchev–Trinajstić information content (AvgIpc) is 3.67. The Morgan fingerprint density at radius 1 is 0.944 bits per heavy atom. The summed E-state index contributed by atoms with van der Waals surface area (Å²) in [5.41, 5.74) is 0.521. The van der Waals surface area contributed by atoms with Crippen molar-refractivity contribution in [3.8, 4) is 5.75 Å². The smallest absolute Gasteiger partial charge is 0.493 e. The van der Waals surface area contributed by atoms with Crippen LogP contribution >= 0.6 is 7.75 Å². The van der Waals surface area contributed by atoms with Gasteiger partial charge >= 0.3 is 31.5 Å². The largest absolute Gasteiger partial charge is 0.509 e. The summed E-state index contributed by atoms with van der Waals surface area (Å²) in [6, 6.07) is 25.7. The van der Waals surface area contributed by atoms with E-state index in [9.17, 15) is 18.9 Å². The normalized spacial score (nSPS) is 21.4. The molecule has 3 aromatic carbocycles. The molecule has 2 aliphatic heterocycles. The van der Waals surface area contributed by atoms with E-state index >= 15 is 8.78 Å². The molecule has 1 aromatic heterocycles. The van der Waals surface area contributed by atoms with Crippen LogP contribution in [0.5, 0.6) is 5.75 Å². The molecule has 2 aliphatic rings. The maximum Gasteiger partial charge on any atom is 0.509 e. The van der Waals surface area contributed by atoms with E-state index in [0.717, 1.165) is 11.8 Å². The Hall–Kier alpha value is -5.41. The fraction of sp³-hybridized carbons (Fsp3) is 0.297. The molecule has 3 heterocycles. The Bertz CT molecular complexity index is 2020. The van der Waals surface area contributed by atoms with Crippen LogP contribution in [-0.4, -0.2) is 59.1 Å². The molecular weight excluding hydrogens is 731 g/mol. The number of alkyl halides is 2. The quantitative estimate of drug-likeness (QED) is 0.0818. The van der Waals surface area contributed by atoms with Crippen LogP contribution in [0.4, 0.5) is 13.6 Å². The third-order valence-corrected chi connectivity index (χ3v) is 9.77. The molecule has 5 atom stereocenters. The molecule has 2 saturated heterocycles. The number of benzene rings is 3. The second-order valence-corrected chi connectivity index (χ2v) is 13.9. The highest BCUT2D eigenvalue weighted by atomic mass is 31.2. The minimum atomic E-state index is -4.53. The number of carbonyl (C=O) groups is 2. The van der Waals surface area contributed by atoms with Gasteiger partial charge in [-0.15, -0.1) is 0 Å². The first kappa shape index (κ1) is 38.3. The highest BCUT2D eigenvalue weighted by Gasteiger charge is 2.63. The van der Waals surface area contributed by atoms with Crippen LogP contribution in [0.3, 0.4) is 0 Å². The van der Waals surface area contributed by atoms with Crippen LogP contribution in [-0.2, 0) is 57.2 Å². The van der Waals surface area contributed by atoms with Crippen molar-refractivity contribution in [2.24, 2.45) is 0 Å². The number of aromatic nitrogens is 2. The van der Waals surface area contributed by atoms with Crippen molar-refractivity contribution in [2.45, 2.75) is 56.5 Å². The summed E-state index contributed by atoms with van der Waals surface area (Å²) in [7, 11) is -4.53. The van der Waals surface area contributed by atoms with Crippen LogP contribution < -0.4 is 15.3 Å². The summed E-state index contributed by atoms with van der Waals surface area (Å²) in [5, 5.41) is 2.50. The number of hydrogen-bond acceptors (Lipinski definition) is 12. The Labute approximate surface area is 308 Å². The summed E-state index contributed by atoms with van der Waals surface area (Å²) in [4.78, 5) is 42.1. The van der Waals surface area contributed by atoms with Crippen LogP contribution in [0.25, 0.3) is 0 Å². The Kier molecular flexibility index (Phi) is 12.2. The topological polar surface area (TPSA) is 163 Å². The SMILES string of the molecule is C=C(Cc1ccn([C@@H]2O[C@H](CO[P@@](=O)(N[C@H]3CCOC3=O)Oc3ccccc3)[C@@H](OC(=O)OCc3ccccc3)C2(F)F)c(=O)n1)OCc1ccccc1. The highest BCUT2D eigenvalue weighted by molar-refractivity contribution is 7.52. The van der Waals surface area contributed by atoms with Crippen molar-refractivity contribution >= 4 is 19.9 Å². The van der Waals surface area contributed by atoms with Crippen molar-refractivity contribution < 1.29 is 55.7 Å². The van der Waals surface area contributed by atoms with Gasteiger partial charge in [0.1, 0.15) is 31.1 Å². The number of esters is 1. The van der Waals surface area contributed by atoms with Gasteiger partial charge in [-0.3, -0.25) is 13.9 Å². The van der Waals surface area contributed by atoms with Gasteiger partial charge in [-0.2, -0.15) is 18.9 Å². The molecule has 54 heavy (non-hydrogen) atoms. The van der Waals surface area contributed by atoms with Crippen molar-refractivity contribution in [3.63, 3.8) is 0 Å². The van der Waals surface area contributed by atoms with Gasteiger partial charge in [0, 0.05) is 19.0 Å². The molecule has 6 rings (SSSR count). The lowest BCUT2D eigenvalue weighted by Gasteiger charge is -2.25. The number of ether oxygens (including phenoxy) is 5. The Morgan fingerprint density at radius 3 is 2.19 bits per heavy atom. The zero-order valence-corrected chi connectivity index (χ0v) is 29.6. The zero-order valence-electron chi connectivity index (χ0n) is 28.7. The fourth-order valence-corrected chi connectivity index (χ4v) is 7.06. The Balaban J connectivity index is 1.21. The number of nitrogens with zero attached hydrogens (tertiary/aromatic N) is 2. The lowest BCUT2D eigenvalue weighted by atomic mass is 10.1. The van der Waals surface area contributed by atoms with Crippen LogP contribution in [0.15, 0.2) is 120 Å². The summed E-state index contributed by atoms with van der Waals surface area (Å²) < 4.78 is 84.8. The minimum Gasteiger partial charge on any atom is -0.493 e. The number of allylic oxidation sites excluding steroid dienone is 1. The van der Waals surface area contributed by atoms with E-state index in [1.165, 1.54) is 18.2 Å². The van der Waals surface area contributed by atoms with E-state index < -0.39 is 62.6 Å². The molecule has 0 unspecified atom stereocenters. The lowest BCUT2D eigenvalue weighted by molar-refractivity contribution is -0.146. The molecule has 0 spiro atoms. The van der Waals surface area contributed by atoms with Gasteiger partial charge in [0.25, 0.3) is 0 Å². The van der Waals surface area contributed by atoms with E-state index in [1.54, 1.807) is 48.5 Å². The van der Waals surface area contributed by atoms with Gasteiger partial charge in [0.2, 0.25) is 12.3 Å². The number of rotatable bonds is 16. The number of para-hydroxylation sites is 1. The number of carbonyl (C=O) groups excluding carboxylic acids is 2. The van der Waals surface area contributed by atoms with Gasteiger partial charge in [-0.05, 0) is 29.3 Å². The molecule has 284 valence electrons. The van der Waals surface area contributed by atoms with Crippen LogP contribution in [0, 0.1) is 0 Å². The van der Waals surface area contributed by atoms with E-state index in [4.69, 9.17) is 32.7 Å². The first-order chi connectivity index (χ1) is 26.0. The van der Waals surface area contributed by atoms with Crippen molar-refractivity contribution in [1.29, 1.82) is 0 Å². The van der Waals surface area contributed by atoms with Crippen molar-refractivity contribution in [3.05, 3.63) is 143 Å². The third-order valence-electron chi connectivity index (χ3n) is 8.20. The van der Waals surface area contributed by atoms with Gasteiger partial charge in [0.15, 0.2) is 0 Å². The minimum absolute atomic E-state index is 0.0124. The summed E-state index contributed by atoms with van der Waals surface area (Å²) in [6.45, 7) is 2.89. The molecule has 1 N–H and O–H groups in total. The second kappa shape index (κ2) is 17.2. The molecule has 2 fully saturated rings. The van der Waals surface area contributed by atoms with Gasteiger partial charge in [0.05, 0.1) is 24.7 Å². The zero-order chi connectivity index (χ0) is 38.1. The molecule has 0 aliphatic carbocycles. The molecule has 0 radical (unpaired) electrons. The van der Waals surface area contributed by atoms with Gasteiger partial charge in [-0.25, -0.2) is 14.2 Å². The standard InChI is InChI=1S/C37H36F2N3O11P/c1-25(48-22-26-11-5-2-6-12-26)21-28-17-19-42(35(44)40-28)34-37(38,39)32(52-36(45)49-23-27-13-7-3-8-14-27)31(51-34)24-50-54(46,41-30-18-20-47-33(30)43)53-29-15-9-4-10-16-29/h2-17,19,30-32,34H,1,18,20-24H2,(H,41,46)/t30-,31+,32+,34+,54-/m0/s1. The monoisotopic (exact) mass is 767 g/mol. The molecule has 0 saturated carbocycles. The fourth-order valence-electron chi connectivity index (χ4n) is 5.53. The molecule has 0 bridgehead atoms.